The summed E-state index contributed by atoms with van der Waals surface area (Å²) in [7, 11) is 0. The molecule has 1 aromatic heterocycles. The van der Waals surface area contributed by atoms with Crippen LogP contribution in [-0.2, 0) is 5.41 Å². The lowest BCUT2D eigenvalue weighted by atomic mass is 9.95. The molecule has 0 aliphatic carbocycles. The molecule has 0 bridgehead atoms. The van der Waals surface area contributed by atoms with Crippen LogP contribution < -0.4 is 16.6 Å². The Morgan fingerprint density at radius 3 is 2.30 bits per heavy atom. The van der Waals surface area contributed by atoms with Crippen molar-refractivity contribution >= 4 is 23.4 Å². The summed E-state index contributed by atoms with van der Waals surface area (Å²) in [4.78, 5) is 9.25. The van der Waals surface area contributed by atoms with Gasteiger partial charge in [0.1, 0.15) is 17.5 Å². The van der Waals surface area contributed by atoms with Crippen LogP contribution in [0.2, 0.25) is 0 Å². The van der Waals surface area contributed by atoms with Crippen LogP contribution in [0.25, 0.3) is 0 Å². The average Bonchev–Trinajstić information content (AvgIpc) is 2.41. The summed E-state index contributed by atoms with van der Waals surface area (Å²) in [6.07, 6.45) is 2.37. The second-order valence-electron chi connectivity index (χ2n) is 6.29. The lowest BCUT2D eigenvalue weighted by Gasteiger charge is -2.26. The van der Waals surface area contributed by atoms with Gasteiger partial charge in [-0.15, -0.1) is 0 Å². The largest absolute Gasteiger partial charge is 0.367 e. The smallest absolute Gasteiger partial charge is 0.148 e. The number of anilines is 2. The average molecular weight is 295 g/mol. The summed E-state index contributed by atoms with van der Waals surface area (Å²) in [5.41, 5.74) is 3.58. The first-order chi connectivity index (χ1) is 9.41. The topological polar surface area (TPSA) is 75.9 Å². The molecule has 1 aromatic rings. The van der Waals surface area contributed by atoms with Gasteiger partial charge in [0.05, 0.1) is 0 Å². The minimum atomic E-state index is -0.0991. The third kappa shape index (κ3) is 3.55. The van der Waals surface area contributed by atoms with Gasteiger partial charge in [0.2, 0.25) is 0 Å². The third-order valence-corrected chi connectivity index (χ3v) is 4.56. The first kappa shape index (κ1) is 15.4. The molecule has 2 rings (SSSR count). The monoisotopic (exact) mass is 295 g/mol. The predicted octanol–water partition coefficient (Wildman–Crippen LogP) is 2.68. The number of aromatic nitrogens is 2. The van der Waals surface area contributed by atoms with Gasteiger partial charge < -0.3 is 10.7 Å². The number of thioether (sulfide) groups is 1. The number of nitrogens with zero attached hydrogens (tertiary/aromatic N) is 2. The Kier molecular flexibility index (Phi) is 4.75. The van der Waals surface area contributed by atoms with Crippen molar-refractivity contribution < 1.29 is 0 Å². The highest BCUT2D eigenvalue weighted by Crippen LogP contribution is 2.28. The molecule has 0 radical (unpaired) electrons. The maximum Gasteiger partial charge on any atom is 0.148 e. The molecular formula is C14H25N5S. The summed E-state index contributed by atoms with van der Waals surface area (Å²) >= 11 is 2.02. The van der Waals surface area contributed by atoms with E-state index in [0.29, 0.717) is 11.9 Å². The Morgan fingerprint density at radius 2 is 1.75 bits per heavy atom. The SMILES string of the molecule is Cc1c(NN)nc(C(C)(C)C)nc1NC1CCSCC1. The van der Waals surface area contributed by atoms with Crippen molar-refractivity contribution in [3.05, 3.63) is 11.4 Å². The Balaban J connectivity index is 2.30. The van der Waals surface area contributed by atoms with E-state index < -0.39 is 0 Å². The third-order valence-electron chi connectivity index (χ3n) is 3.52. The van der Waals surface area contributed by atoms with Gasteiger partial charge in [0, 0.05) is 17.0 Å². The molecule has 0 aromatic carbocycles. The van der Waals surface area contributed by atoms with Crippen LogP contribution in [0.1, 0.15) is 45.0 Å². The number of hydrogen-bond donors (Lipinski definition) is 3. The molecule has 112 valence electrons. The van der Waals surface area contributed by atoms with Crippen LogP contribution in [0.3, 0.4) is 0 Å². The molecule has 1 saturated heterocycles. The van der Waals surface area contributed by atoms with Crippen LogP contribution >= 0.6 is 11.8 Å². The van der Waals surface area contributed by atoms with E-state index in [0.717, 1.165) is 17.2 Å². The summed E-state index contributed by atoms with van der Waals surface area (Å²) in [5, 5.41) is 3.58. The molecule has 0 atom stereocenters. The molecule has 0 saturated carbocycles. The van der Waals surface area contributed by atoms with E-state index in [2.05, 4.69) is 36.5 Å². The molecule has 20 heavy (non-hydrogen) atoms. The van der Waals surface area contributed by atoms with Crippen LogP contribution in [0.4, 0.5) is 11.6 Å². The van der Waals surface area contributed by atoms with Crippen LogP contribution in [0.15, 0.2) is 0 Å². The highest BCUT2D eigenvalue weighted by Gasteiger charge is 2.22. The van der Waals surface area contributed by atoms with Crippen LogP contribution in [0.5, 0.6) is 0 Å². The Labute approximate surface area is 125 Å². The van der Waals surface area contributed by atoms with E-state index in [1.165, 1.54) is 24.3 Å². The molecule has 0 unspecified atom stereocenters. The normalized spacial score (nSPS) is 17.1. The zero-order valence-corrected chi connectivity index (χ0v) is 13.6. The lowest BCUT2D eigenvalue weighted by molar-refractivity contribution is 0.544. The number of hydrogen-bond acceptors (Lipinski definition) is 6. The van der Waals surface area contributed by atoms with Crippen molar-refractivity contribution in [2.75, 3.05) is 22.2 Å². The molecule has 4 N–H and O–H groups in total. The first-order valence-electron chi connectivity index (χ1n) is 7.12. The van der Waals surface area contributed by atoms with Crippen LogP contribution in [-0.4, -0.2) is 27.5 Å². The van der Waals surface area contributed by atoms with Gasteiger partial charge in [-0.1, -0.05) is 20.8 Å². The number of nitrogen functional groups attached to an aromatic ring is 1. The quantitative estimate of drug-likeness (QED) is 0.588. The van der Waals surface area contributed by atoms with Gasteiger partial charge in [-0.2, -0.15) is 11.8 Å². The maximum absolute atomic E-state index is 5.59. The van der Waals surface area contributed by atoms with E-state index in [9.17, 15) is 0 Å². The minimum absolute atomic E-state index is 0.0991. The zero-order chi connectivity index (χ0) is 14.8. The molecular weight excluding hydrogens is 270 g/mol. The van der Waals surface area contributed by atoms with Gasteiger partial charge in [-0.3, -0.25) is 0 Å². The van der Waals surface area contributed by atoms with Crippen LogP contribution in [0, 0.1) is 6.92 Å². The van der Waals surface area contributed by atoms with Crippen molar-refractivity contribution in [1.82, 2.24) is 9.97 Å². The summed E-state index contributed by atoms with van der Waals surface area (Å²) in [6, 6.07) is 0.503. The molecule has 6 heteroatoms. The molecule has 2 heterocycles. The summed E-state index contributed by atoms with van der Waals surface area (Å²) < 4.78 is 0. The highest BCUT2D eigenvalue weighted by molar-refractivity contribution is 7.99. The number of rotatable bonds is 3. The Morgan fingerprint density at radius 1 is 1.15 bits per heavy atom. The second-order valence-corrected chi connectivity index (χ2v) is 7.52. The fourth-order valence-corrected chi connectivity index (χ4v) is 3.27. The summed E-state index contributed by atoms with van der Waals surface area (Å²) in [6.45, 7) is 8.33. The fourth-order valence-electron chi connectivity index (χ4n) is 2.17. The van der Waals surface area contributed by atoms with Gasteiger partial charge in [0.15, 0.2) is 0 Å². The van der Waals surface area contributed by atoms with Gasteiger partial charge >= 0.3 is 0 Å². The van der Waals surface area contributed by atoms with E-state index >= 15 is 0 Å². The maximum atomic E-state index is 5.59. The molecule has 0 amide bonds. The first-order valence-corrected chi connectivity index (χ1v) is 8.27. The molecule has 0 spiro atoms. The molecule has 1 fully saturated rings. The molecule has 5 nitrogen and oxygen atoms in total. The van der Waals surface area contributed by atoms with Crippen molar-refractivity contribution in [3.63, 3.8) is 0 Å². The van der Waals surface area contributed by atoms with E-state index in [-0.39, 0.29) is 5.41 Å². The fraction of sp³-hybridized carbons (Fsp3) is 0.714. The number of hydrazine groups is 1. The van der Waals surface area contributed by atoms with Crippen molar-refractivity contribution in [2.24, 2.45) is 5.84 Å². The molecule has 1 aliphatic rings. The predicted molar refractivity (Wildman–Crippen MR) is 87.2 cm³/mol. The Bertz CT molecular complexity index is 463. The Hall–Kier alpha value is -1.01. The van der Waals surface area contributed by atoms with Crippen molar-refractivity contribution in [2.45, 2.75) is 52.0 Å². The van der Waals surface area contributed by atoms with Gasteiger partial charge in [0.25, 0.3) is 0 Å². The lowest BCUT2D eigenvalue weighted by Crippen LogP contribution is -2.27. The van der Waals surface area contributed by atoms with Gasteiger partial charge in [-0.25, -0.2) is 15.8 Å². The van der Waals surface area contributed by atoms with Crippen molar-refractivity contribution in [1.29, 1.82) is 0 Å². The standard InChI is InChI=1S/C14H25N5S/c1-9-11(16-10-5-7-20-8-6-10)17-13(14(2,3)4)18-12(9)19-15/h10H,5-8,15H2,1-4H3,(H2,16,17,18,19). The van der Waals surface area contributed by atoms with E-state index in [1.807, 2.05) is 18.7 Å². The molecule has 1 aliphatic heterocycles. The number of nitrogens with two attached hydrogens (primary N) is 1. The summed E-state index contributed by atoms with van der Waals surface area (Å²) in [5.74, 6) is 10.5. The second kappa shape index (κ2) is 6.18. The van der Waals surface area contributed by atoms with E-state index in [4.69, 9.17) is 10.8 Å². The van der Waals surface area contributed by atoms with E-state index in [1.54, 1.807) is 0 Å². The minimum Gasteiger partial charge on any atom is -0.367 e. The zero-order valence-electron chi connectivity index (χ0n) is 12.8. The van der Waals surface area contributed by atoms with Gasteiger partial charge in [-0.05, 0) is 31.3 Å². The number of nitrogens with one attached hydrogen (secondary N) is 2. The highest BCUT2D eigenvalue weighted by atomic mass is 32.2. The van der Waals surface area contributed by atoms with Crippen molar-refractivity contribution in [3.8, 4) is 0 Å².